The molecule has 0 bridgehead atoms. The largest absolute Gasteiger partial charge is 0.340 e. The molecule has 0 amide bonds. The molecule has 5 heteroatoms. The van der Waals surface area contributed by atoms with Gasteiger partial charge in [-0.15, -0.1) is 11.3 Å². The van der Waals surface area contributed by atoms with Crippen molar-refractivity contribution in [3.8, 4) is 10.6 Å². The first-order valence-corrected chi connectivity index (χ1v) is 6.84. The molecule has 2 N–H and O–H groups in total. The fraction of sp³-hybridized carbons (Fsp3) is 0.364. The molecule has 0 saturated carbocycles. The normalized spacial score (nSPS) is 11.2. The minimum Gasteiger partial charge on any atom is -0.340 e. The lowest BCUT2D eigenvalue weighted by Crippen LogP contribution is -2.22. The first kappa shape index (κ1) is 11.8. The van der Waals surface area contributed by atoms with E-state index in [0.717, 1.165) is 22.5 Å². The summed E-state index contributed by atoms with van der Waals surface area (Å²) in [6.45, 7) is 5.03. The van der Waals surface area contributed by atoms with Gasteiger partial charge in [-0.3, -0.25) is 0 Å². The Kier molecular flexibility index (Phi) is 3.78. The summed E-state index contributed by atoms with van der Waals surface area (Å²) in [6.07, 6.45) is 1.88. The van der Waals surface area contributed by atoms with Crippen molar-refractivity contribution in [2.75, 3.05) is 0 Å². The van der Waals surface area contributed by atoms with Gasteiger partial charge in [-0.25, -0.2) is 4.98 Å². The first-order chi connectivity index (χ1) is 7.65. The van der Waals surface area contributed by atoms with Gasteiger partial charge in [-0.1, -0.05) is 13.8 Å². The molecule has 16 heavy (non-hydrogen) atoms. The van der Waals surface area contributed by atoms with E-state index < -0.39 is 0 Å². The lowest BCUT2D eigenvalue weighted by atomic mass is 10.4. The van der Waals surface area contributed by atoms with Gasteiger partial charge in [0.15, 0.2) is 0 Å². The van der Waals surface area contributed by atoms with Gasteiger partial charge in [0, 0.05) is 15.9 Å². The molecular formula is C11H14BrN3S. The predicted octanol–water partition coefficient (Wildman–Crippen LogP) is 3.40. The smallest absolute Gasteiger partial charge is 0.120 e. The van der Waals surface area contributed by atoms with Gasteiger partial charge in [-0.05, 0) is 22.0 Å². The van der Waals surface area contributed by atoms with Crippen LogP contribution in [0.15, 0.2) is 22.1 Å². The molecule has 0 radical (unpaired) electrons. The highest BCUT2D eigenvalue weighted by Crippen LogP contribution is 2.28. The third kappa shape index (κ3) is 2.93. The Morgan fingerprint density at radius 1 is 1.56 bits per heavy atom. The summed E-state index contributed by atoms with van der Waals surface area (Å²) in [5.74, 6) is 0.980. The Morgan fingerprint density at radius 3 is 3.00 bits per heavy atom. The maximum Gasteiger partial charge on any atom is 0.120 e. The molecular weight excluding hydrogens is 286 g/mol. The number of H-pyrrole nitrogens is 1. The van der Waals surface area contributed by atoms with Crippen LogP contribution in [-0.4, -0.2) is 16.0 Å². The minimum atomic E-state index is 0.476. The second-order valence-electron chi connectivity index (χ2n) is 3.91. The van der Waals surface area contributed by atoms with Crippen LogP contribution in [0.1, 0.15) is 19.7 Å². The molecule has 2 aromatic rings. The molecule has 0 fully saturated rings. The maximum atomic E-state index is 4.35. The molecule has 2 heterocycles. The number of nitrogens with one attached hydrogen (secondary N) is 2. The van der Waals surface area contributed by atoms with Gasteiger partial charge >= 0.3 is 0 Å². The lowest BCUT2D eigenvalue weighted by molar-refractivity contribution is 0.575. The monoisotopic (exact) mass is 299 g/mol. The van der Waals surface area contributed by atoms with Gasteiger partial charge in [0.2, 0.25) is 0 Å². The number of hydrogen-bond donors (Lipinski definition) is 2. The fourth-order valence-electron chi connectivity index (χ4n) is 1.33. The molecule has 3 nitrogen and oxygen atoms in total. The second kappa shape index (κ2) is 5.12. The van der Waals surface area contributed by atoms with Crippen LogP contribution in [0.5, 0.6) is 0 Å². The molecule has 0 saturated heterocycles. The number of aromatic nitrogens is 2. The van der Waals surface area contributed by atoms with Crippen molar-refractivity contribution in [2.45, 2.75) is 26.4 Å². The van der Waals surface area contributed by atoms with Gasteiger partial charge in [0.25, 0.3) is 0 Å². The molecule has 0 aliphatic heterocycles. The molecule has 0 aliphatic rings. The molecule has 86 valence electrons. The van der Waals surface area contributed by atoms with E-state index in [4.69, 9.17) is 0 Å². The van der Waals surface area contributed by atoms with Crippen molar-refractivity contribution in [1.29, 1.82) is 0 Å². The number of nitrogens with zero attached hydrogens (tertiary/aromatic N) is 1. The Morgan fingerprint density at radius 2 is 2.38 bits per heavy atom. The van der Waals surface area contributed by atoms with Crippen LogP contribution in [0.4, 0.5) is 0 Å². The minimum absolute atomic E-state index is 0.476. The number of imidazole rings is 1. The molecule has 2 rings (SSSR count). The second-order valence-corrected chi connectivity index (χ2v) is 5.74. The molecule has 2 aromatic heterocycles. The number of halogens is 1. The molecule has 0 unspecified atom stereocenters. The van der Waals surface area contributed by atoms with Crippen molar-refractivity contribution in [3.05, 3.63) is 27.9 Å². The van der Waals surface area contributed by atoms with E-state index in [1.54, 1.807) is 11.3 Å². The van der Waals surface area contributed by atoms with Crippen molar-refractivity contribution in [1.82, 2.24) is 15.3 Å². The van der Waals surface area contributed by atoms with E-state index in [-0.39, 0.29) is 0 Å². The zero-order chi connectivity index (χ0) is 11.5. The molecule has 0 aliphatic carbocycles. The number of hydrogen-bond acceptors (Lipinski definition) is 3. The van der Waals surface area contributed by atoms with Gasteiger partial charge in [0.1, 0.15) is 5.82 Å². The standard InChI is InChI=1S/C11H14BrN3S/c1-7(2)13-5-11-14-4-9(15-11)10-3-8(12)6-16-10/h3-4,6-7,13H,5H2,1-2H3,(H,14,15). The summed E-state index contributed by atoms with van der Waals surface area (Å²) in [7, 11) is 0. The van der Waals surface area contributed by atoms with Crippen molar-refractivity contribution in [2.24, 2.45) is 0 Å². The topological polar surface area (TPSA) is 40.7 Å². The highest BCUT2D eigenvalue weighted by molar-refractivity contribution is 9.10. The van der Waals surface area contributed by atoms with Crippen LogP contribution in [0.25, 0.3) is 10.6 Å². The highest BCUT2D eigenvalue weighted by Gasteiger charge is 2.05. The summed E-state index contributed by atoms with van der Waals surface area (Å²) in [5.41, 5.74) is 1.08. The summed E-state index contributed by atoms with van der Waals surface area (Å²) in [4.78, 5) is 8.87. The third-order valence-corrected chi connectivity index (χ3v) is 3.86. The van der Waals surface area contributed by atoms with E-state index in [0.29, 0.717) is 6.04 Å². The number of rotatable bonds is 4. The summed E-state index contributed by atoms with van der Waals surface area (Å²) < 4.78 is 1.11. The molecule has 0 aromatic carbocycles. The third-order valence-electron chi connectivity index (χ3n) is 2.14. The fourth-order valence-corrected chi connectivity index (χ4v) is 2.73. The van der Waals surface area contributed by atoms with E-state index in [1.807, 2.05) is 6.20 Å². The van der Waals surface area contributed by atoms with Crippen LogP contribution in [0.3, 0.4) is 0 Å². The predicted molar refractivity (Wildman–Crippen MR) is 71.6 cm³/mol. The zero-order valence-corrected chi connectivity index (χ0v) is 11.7. The van der Waals surface area contributed by atoms with Crippen LogP contribution in [-0.2, 0) is 6.54 Å². The quantitative estimate of drug-likeness (QED) is 0.908. The van der Waals surface area contributed by atoms with Gasteiger partial charge < -0.3 is 10.3 Å². The van der Waals surface area contributed by atoms with E-state index in [2.05, 4.69) is 56.5 Å². The Balaban J connectivity index is 2.07. The highest BCUT2D eigenvalue weighted by atomic mass is 79.9. The van der Waals surface area contributed by atoms with Crippen molar-refractivity contribution < 1.29 is 0 Å². The maximum absolute atomic E-state index is 4.35. The Bertz CT molecular complexity index is 461. The van der Waals surface area contributed by atoms with Crippen LogP contribution >= 0.6 is 27.3 Å². The number of aromatic amines is 1. The first-order valence-electron chi connectivity index (χ1n) is 5.17. The molecule has 0 atom stereocenters. The van der Waals surface area contributed by atoms with Gasteiger partial charge in [0.05, 0.1) is 23.3 Å². The Hall–Kier alpha value is -0.650. The summed E-state index contributed by atoms with van der Waals surface area (Å²) in [6, 6.07) is 2.57. The van der Waals surface area contributed by atoms with E-state index in [1.165, 1.54) is 4.88 Å². The SMILES string of the molecule is CC(C)NCc1ncc(-c2cc(Br)cs2)[nH]1. The van der Waals surface area contributed by atoms with Gasteiger partial charge in [-0.2, -0.15) is 0 Å². The zero-order valence-electron chi connectivity index (χ0n) is 9.25. The lowest BCUT2D eigenvalue weighted by Gasteiger charge is -2.04. The summed E-state index contributed by atoms with van der Waals surface area (Å²) >= 11 is 5.15. The average molecular weight is 300 g/mol. The number of thiophene rings is 1. The van der Waals surface area contributed by atoms with E-state index in [9.17, 15) is 0 Å². The van der Waals surface area contributed by atoms with Crippen LogP contribution in [0, 0.1) is 0 Å². The molecule has 0 spiro atoms. The van der Waals surface area contributed by atoms with Crippen molar-refractivity contribution in [3.63, 3.8) is 0 Å². The van der Waals surface area contributed by atoms with E-state index >= 15 is 0 Å². The Labute approximate surface area is 107 Å². The van der Waals surface area contributed by atoms with Crippen LogP contribution in [0.2, 0.25) is 0 Å². The van der Waals surface area contributed by atoms with Crippen molar-refractivity contribution >= 4 is 27.3 Å². The summed E-state index contributed by atoms with van der Waals surface area (Å²) in [5, 5.41) is 5.40. The van der Waals surface area contributed by atoms with Crippen LogP contribution < -0.4 is 5.32 Å². The average Bonchev–Trinajstić information content (AvgIpc) is 2.83.